The van der Waals surface area contributed by atoms with Crippen molar-refractivity contribution >= 4 is 45.8 Å². The molecule has 0 radical (unpaired) electrons. The minimum absolute atomic E-state index is 0. The highest BCUT2D eigenvalue weighted by Gasteiger charge is 2.30. The SMILES string of the molecule is Cl.NC1=NC(c2ccc(N3CCOCC3)nc2)C2=C(N1)c1ccc(Br)cc1CC2. The van der Waals surface area contributed by atoms with Crippen LogP contribution in [0.1, 0.15) is 29.2 Å². The lowest BCUT2D eigenvalue weighted by molar-refractivity contribution is 0.122. The molecule has 29 heavy (non-hydrogen) atoms. The van der Waals surface area contributed by atoms with E-state index >= 15 is 0 Å². The van der Waals surface area contributed by atoms with E-state index in [-0.39, 0.29) is 18.4 Å². The molecule has 0 bridgehead atoms. The molecule has 1 saturated heterocycles. The molecule has 8 heteroatoms. The van der Waals surface area contributed by atoms with Crippen molar-refractivity contribution in [2.75, 3.05) is 31.2 Å². The minimum atomic E-state index is -0.0840. The number of aryl methyl sites for hydroxylation is 1. The van der Waals surface area contributed by atoms with Gasteiger partial charge in [0.15, 0.2) is 5.96 Å². The van der Waals surface area contributed by atoms with Crippen LogP contribution in [0.5, 0.6) is 0 Å². The van der Waals surface area contributed by atoms with Crippen LogP contribution in [0.25, 0.3) is 5.70 Å². The summed E-state index contributed by atoms with van der Waals surface area (Å²) in [5, 5.41) is 3.31. The summed E-state index contributed by atoms with van der Waals surface area (Å²) < 4.78 is 6.53. The van der Waals surface area contributed by atoms with Crippen LogP contribution in [0, 0.1) is 0 Å². The molecule has 0 amide bonds. The molecular formula is C21H23BrClN5O. The maximum Gasteiger partial charge on any atom is 0.194 e. The van der Waals surface area contributed by atoms with Crippen molar-refractivity contribution in [3.63, 3.8) is 0 Å². The number of benzene rings is 1. The summed E-state index contributed by atoms with van der Waals surface area (Å²) in [6.45, 7) is 3.27. The van der Waals surface area contributed by atoms with Gasteiger partial charge in [-0.3, -0.25) is 0 Å². The molecule has 1 fully saturated rings. The normalized spacial score (nSPS) is 20.8. The van der Waals surface area contributed by atoms with Crippen molar-refractivity contribution in [1.29, 1.82) is 0 Å². The number of aliphatic imine (C=N–C) groups is 1. The molecule has 6 nitrogen and oxygen atoms in total. The number of halogens is 2. The van der Waals surface area contributed by atoms with Gasteiger partial charge in [0.05, 0.1) is 18.9 Å². The molecule has 5 rings (SSSR count). The summed E-state index contributed by atoms with van der Waals surface area (Å²) in [5.74, 6) is 1.45. The van der Waals surface area contributed by atoms with E-state index in [0.717, 1.165) is 60.7 Å². The average Bonchev–Trinajstić information content (AvgIpc) is 2.73. The average molecular weight is 477 g/mol. The fourth-order valence-electron chi connectivity index (χ4n) is 4.19. The van der Waals surface area contributed by atoms with Gasteiger partial charge in [0, 0.05) is 29.3 Å². The van der Waals surface area contributed by atoms with Gasteiger partial charge >= 0.3 is 0 Å². The van der Waals surface area contributed by atoms with Crippen LogP contribution in [0.15, 0.2) is 51.6 Å². The van der Waals surface area contributed by atoms with E-state index < -0.39 is 0 Å². The van der Waals surface area contributed by atoms with Gasteiger partial charge in [0.25, 0.3) is 0 Å². The Morgan fingerprint density at radius 2 is 1.97 bits per heavy atom. The van der Waals surface area contributed by atoms with E-state index in [1.807, 2.05) is 6.20 Å². The number of aromatic nitrogens is 1. The van der Waals surface area contributed by atoms with Gasteiger partial charge in [-0.25, -0.2) is 9.98 Å². The highest BCUT2D eigenvalue weighted by atomic mass is 79.9. The lowest BCUT2D eigenvalue weighted by atomic mass is 9.83. The van der Waals surface area contributed by atoms with Gasteiger partial charge in [-0.2, -0.15) is 0 Å². The number of hydrogen-bond donors (Lipinski definition) is 2. The Morgan fingerprint density at radius 3 is 2.72 bits per heavy atom. The van der Waals surface area contributed by atoms with E-state index in [0.29, 0.717) is 5.96 Å². The first-order valence-electron chi connectivity index (χ1n) is 9.60. The number of nitrogens with two attached hydrogens (primary N) is 1. The number of ether oxygens (including phenoxy) is 1. The highest BCUT2D eigenvalue weighted by molar-refractivity contribution is 9.10. The second kappa shape index (κ2) is 8.34. The summed E-state index contributed by atoms with van der Waals surface area (Å²) in [4.78, 5) is 11.7. The molecule has 1 aromatic heterocycles. The second-order valence-corrected chi connectivity index (χ2v) is 8.21. The lowest BCUT2D eigenvalue weighted by Crippen LogP contribution is -2.37. The Morgan fingerprint density at radius 1 is 1.14 bits per heavy atom. The van der Waals surface area contributed by atoms with Gasteiger partial charge in [0.2, 0.25) is 0 Å². The number of anilines is 1. The molecule has 1 unspecified atom stereocenters. The standard InChI is InChI=1S/C21H22BrN5O.ClH/c22-15-3-5-16-13(11-15)1-4-17-19(25-21(23)26-20(16)17)14-2-6-18(24-12-14)27-7-9-28-10-8-27;/h2-3,5-6,11-12,19H,1,4,7-10H2,(H3,23,25,26);1H. The maximum atomic E-state index is 6.16. The Bertz CT molecular complexity index is 970. The summed E-state index contributed by atoms with van der Waals surface area (Å²) in [7, 11) is 0. The molecule has 2 aromatic rings. The third-order valence-corrected chi connectivity index (χ3v) is 6.09. The van der Waals surface area contributed by atoms with Crippen molar-refractivity contribution in [2.45, 2.75) is 18.9 Å². The zero-order chi connectivity index (χ0) is 19.1. The number of guanidine groups is 1. The number of rotatable bonds is 2. The first-order valence-corrected chi connectivity index (χ1v) is 10.4. The van der Waals surface area contributed by atoms with Crippen molar-refractivity contribution in [1.82, 2.24) is 10.3 Å². The highest BCUT2D eigenvalue weighted by Crippen LogP contribution is 2.41. The fourth-order valence-corrected chi connectivity index (χ4v) is 4.60. The topological polar surface area (TPSA) is 75.8 Å². The van der Waals surface area contributed by atoms with Gasteiger partial charge in [-0.05, 0) is 47.7 Å². The molecule has 3 heterocycles. The number of nitrogens with one attached hydrogen (secondary N) is 1. The first kappa shape index (κ1) is 20.2. The van der Waals surface area contributed by atoms with E-state index in [1.165, 1.54) is 16.7 Å². The number of fused-ring (bicyclic) bond motifs is 2. The van der Waals surface area contributed by atoms with Crippen molar-refractivity contribution in [2.24, 2.45) is 10.7 Å². The summed E-state index contributed by atoms with van der Waals surface area (Å²) in [6, 6.07) is 10.5. The zero-order valence-corrected chi connectivity index (χ0v) is 18.3. The second-order valence-electron chi connectivity index (χ2n) is 7.29. The third kappa shape index (κ3) is 3.86. The lowest BCUT2D eigenvalue weighted by Gasteiger charge is -2.32. The van der Waals surface area contributed by atoms with E-state index in [9.17, 15) is 0 Å². The van der Waals surface area contributed by atoms with E-state index in [4.69, 9.17) is 20.4 Å². The molecule has 1 aromatic carbocycles. The number of pyridine rings is 1. The minimum Gasteiger partial charge on any atom is -0.378 e. The van der Waals surface area contributed by atoms with Crippen LogP contribution < -0.4 is 16.0 Å². The van der Waals surface area contributed by atoms with Crippen LogP contribution >= 0.6 is 28.3 Å². The summed E-state index contributed by atoms with van der Waals surface area (Å²) >= 11 is 3.57. The molecule has 3 N–H and O–H groups in total. The van der Waals surface area contributed by atoms with E-state index in [1.54, 1.807) is 0 Å². The summed E-state index contributed by atoms with van der Waals surface area (Å²) in [5.41, 5.74) is 12.2. The predicted molar refractivity (Wildman–Crippen MR) is 121 cm³/mol. The van der Waals surface area contributed by atoms with Crippen LogP contribution in [-0.4, -0.2) is 37.2 Å². The molecule has 0 saturated carbocycles. The quantitative estimate of drug-likeness (QED) is 0.695. The van der Waals surface area contributed by atoms with Crippen LogP contribution in [0.2, 0.25) is 0 Å². The molecule has 3 aliphatic rings. The van der Waals surface area contributed by atoms with Crippen LogP contribution in [0.4, 0.5) is 5.82 Å². The number of nitrogens with zero attached hydrogens (tertiary/aromatic N) is 3. The van der Waals surface area contributed by atoms with Gasteiger partial charge < -0.3 is 20.7 Å². The van der Waals surface area contributed by atoms with Crippen LogP contribution in [0.3, 0.4) is 0 Å². The predicted octanol–water partition coefficient (Wildman–Crippen LogP) is 3.42. The molecule has 1 aliphatic carbocycles. The zero-order valence-electron chi connectivity index (χ0n) is 15.9. The van der Waals surface area contributed by atoms with Gasteiger partial charge in [-0.15, -0.1) is 12.4 Å². The van der Waals surface area contributed by atoms with Crippen molar-refractivity contribution in [3.8, 4) is 0 Å². The Kier molecular flexibility index (Phi) is 5.81. The fraction of sp³-hybridized carbons (Fsp3) is 0.333. The number of hydrogen-bond acceptors (Lipinski definition) is 6. The molecular weight excluding hydrogens is 454 g/mol. The smallest absolute Gasteiger partial charge is 0.194 e. The Balaban J connectivity index is 0.00000205. The van der Waals surface area contributed by atoms with E-state index in [2.05, 4.69) is 56.5 Å². The van der Waals surface area contributed by atoms with Crippen molar-refractivity contribution in [3.05, 3.63) is 63.3 Å². The first-order chi connectivity index (χ1) is 13.7. The largest absolute Gasteiger partial charge is 0.378 e. The monoisotopic (exact) mass is 475 g/mol. The molecule has 152 valence electrons. The number of morpholine rings is 1. The molecule has 0 spiro atoms. The third-order valence-electron chi connectivity index (χ3n) is 5.59. The Hall–Kier alpha value is -2.09. The van der Waals surface area contributed by atoms with Gasteiger partial charge in [0.1, 0.15) is 11.9 Å². The van der Waals surface area contributed by atoms with Crippen LogP contribution in [-0.2, 0) is 11.2 Å². The summed E-state index contributed by atoms with van der Waals surface area (Å²) in [6.07, 6.45) is 3.90. The van der Waals surface area contributed by atoms with Gasteiger partial charge in [-0.1, -0.05) is 28.1 Å². The maximum absolute atomic E-state index is 6.16. The van der Waals surface area contributed by atoms with Crippen molar-refractivity contribution < 1.29 is 4.74 Å². The molecule has 1 atom stereocenters. The Labute approximate surface area is 184 Å². The molecule has 2 aliphatic heterocycles.